The van der Waals surface area contributed by atoms with Crippen LogP contribution >= 0.6 is 7.52 Å². The van der Waals surface area contributed by atoms with Gasteiger partial charge in [0.1, 0.15) is 0 Å². The number of nitrogens with one attached hydrogen (secondary N) is 1. The minimum atomic E-state index is -3.57. The van der Waals surface area contributed by atoms with E-state index in [4.69, 9.17) is 4.74 Å². The van der Waals surface area contributed by atoms with Crippen LogP contribution in [-0.4, -0.2) is 34.7 Å². The van der Waals surface area contributed by atoms with Crippen molar-refractivity contribution in [2.75, 3.05) is 6.61 Å². The first-order valence-corrected chi connectivity index (χ1v) is 9.70. The molecule has 0 spiro atoms. The van der Waals surface area contributed by atoms with Crippen LogP contribution in [0.4, 0.5) is 0 Å². The molecule has 23 heavy (non-hydrogen) atoms. The van der Waals surface area contributed by atoms with Crippen LogP contribution in [0.25, 0.3) is 0 Å². The fourth-order valence-electron chi connectivity index (χ4n) is 2.99. The number of hydrogen-bond donors (Lipinski definition) is 3. The third kappa shape index (κ3) is 5.74. The molecule has 7 heteroatoms. The lowest BCUT2D eigenvalue weighted by atomic mass is 9.93. The normalized spacial score (nSPS) is 23.1. The summed E-state index contributed by atoms with van der Waals surface area (Å²) in [7, 11) is -3.57. The van der Waals surface area contributed by atoms with E-state index in [1.165, 1.54) is 0 Å². The number of hydrogen-bond acceptors (Lipinski definition) is 3. The van der Waals surface area contributed by atoms with Gasteiger partial charge in [0.15, 0.2) is 0 Å². The van der Waals surface area contributed by atoms with Crippen molar-refractivity contribution >= 4 is 13.5 Å². The minimum absolute atomic E-state index is 0.0237. The Morgan fingerprint density at radius 2 is 2.13 bits per heavy atom. The molecule has 0 saturated carbocycles. The van der Waals surface area contributed by atoms with E-state index < -0.39 is 19.4 Å². The molecule has 1 aliphatic heterocycles. The number of carboxylic acids is 1. The van der Waals surface area contributed by atoms with Crippen LogP contribution in [0.2, 0.25) is 0 Å². The molecule has 1 aliphatic rings. The van der Waals surface area contributed by atoms with Crippen molar-refractivity contribution in [1.82, 2.24) is 5.09 Å². The largest absolute Gasteiger partial charge is 0.481 e. The summed E-state index contributed by atoms with van der Waals surface area (Å²) in [6.07, 6.45) is 1.58. The molecule has 1 saturated heterocycles. The quantitative estimate of drug-likeness (QED) is 0.629. The van der Waals surface area contributed by atoms with Crippen molar-refractivity contribution in [3.63, 3.8) is 0 Å². The van der Waals surface area contributed by atoms with Gasteiger partial charge in [-0.1, -0.05) is 30.3 Å². The second-order valence-corrected chi connectivity index (χ2v) is 8.08. The first-order valence-electron chi connectivity index (χ1n) is 7.85. The van der Waals surface area contributed by atoms with E-state index in [-0.39, 0.29) is 24.7 Å². The Labute approximate surface area is 136 Å². The van der Waals surface area contributed by atoms with Gasteiger partial charge in [0.25, 0.3) is 7.52 Å². The van der Waals surface area contributed by atoms with E-state index in [9.17, 15) is 19.4 Å². The van der Waals surface area contributed by atoms with Crippen LogP contribution in [0.3, 0.4) is 0 Å². The highest BCUT2D eigenvalue weighted by Gasteiger charge is 2.34. The zero-order chi connectivity index (χ0) is 16.9. The summed E-state index contributed by atoms with van der Waals surface area (Å²) in [6.45, 7) is 2.32. The predicted octanol–water partition coefficient (Wildman–Crippen LogP) is 2.62. The highest BCUT2D eigenvalue weighted by molar-refractivity contribution is 7.55. The monoisotopic (exact) mass is 341 g/mol. The average Bonchev–Trinajstić information content (AvgIpc) is 2.98. The molecular weight excluding hydrogens is 317 g/mol. The maximum absolute atomic E-state index is 12.3. The Morgan fingerprint density at radius 3 is 2.70 bits per heavy atom. The summed E-state index contributed by atoms with van der Waals surface area (Å²) >= 11 is 0. The average molecular weight is 341 g/mol. The Hall–Kier alpha value is -1.20. The maximum Gasteiger partial charge on any atom is 0.309 e. The summed E-state index contributed by atoms with van der Waals surface area (Å²) in [5.74, 6) is -1.57. The third-order valence-corrected chi connectivity index (χ3v) is 5.64. The van der Waals surface area contributed by atoms with Crippen molar-refractivity contribution in [2.45, 2.75) is 44.5 Å². The summed E-state index contributed by atoms with van der Waals surface area (Å²) in [4.78, 5) is 21.6. The Balaban J connectivity index is 1.92. The van der Waals surface area contributed by atoms with Gasteiger partial charge in [-0.05, 0) is 31.7 Å². The van der Waals surface area contributed by atoms with Crippen molar-refractivity contribution < 1.29 is 24.1 Å². The third-order valence-electron chi connectivity index (χ3n) is 4.00. The molecule has 4 unspecified atom stereocenters. The molecule has 1 heterocycles. The molecule has 1 aromatic carbocycles. The number of rotatable bonds is 8. The molecule has 2 rings (SSSR count). The number of carbonyl (C=O) groups is 1. The van der Waals surface area contributed by atoms with Crippen LogP contribution in [0.1, 0.15) is 31.7 Å². The molecule has 0 amide bonds. The van der Waals surface area contributed by atoms with Crippen LogP contribution in [-0.2, 0) is 20.3 Å². The van der Waals surface area contributed by atoms with E-state index in [2.05, 4.69) is 5.09 Å². The first kappa shape index (κ1) is 18.1. The summed E-state index contributed by atoms with van der Waals surface area (Å²) in [5.41, 5.74) is 0.770. The molecule has 1 fully saturated rings. The highest BCUT2D eigenvalue weighted by atomic mass is 31.2. The SMILES string of the molecule is CC(CC(C(=O)O)C1CCCO1)NP(=O)(O)Cc1ccccc1. The van der Waals surface area contributed by atoms with Gasteiger partial charge in [-0.2, -0.15) is 0 Å². The fraction of sp³-hybridized carbons (Fsp3) is 0.562. The zero-order valence-electron chi connectivity index (χ0n) is 13.2. The lowest BCUT2D eigenvalue weighted by Crippen LogP contribution is -2.35. The second-order valence-electron chi connectivity index (χ2n) is 6.11. The standard InChI is InChI=1S/C16H24NO5P/c1-12(10-14(16(18)19)15-8-5-9-22-15)17-23(20,21)11-13-6-3-2-4-7-13/h2-4,6-7,12,14-15H,5,8-11H2,1H3,(H,18,19)(H2,17,20,21). The molecule has 0 radical (unpaired) electrons. The van der Waals surface area contributed by atoms with E-state index in [1.807, 2.05) is 18.2 Å². The van der Waals surface area contributed by atoms with E-state index in [0.717, 1.165) is 18.4 Å². The topological polar surface area (TPSA) is 95.9 Å². The lowest BCUT2D eigenvalue weighted by molar-refractivity contribution is -0.146. The lowest BCUT2D eigenvalue weighted by Gasteiger charge is -2.25. The van der Waals surface area contributed by atoms with Crippen molar-refractivity contribution in [3.05, 3.63) is 35.9 Å². The molecule has 3 N–H and O–H groups in total. The van der Waals surface area contributed by atoms with Gasteiger partial charge in [-0.3, -0.25) is 9.36 Å². The number of ether oxygens (including phenoxy) is 1. The van der Waals surface area contributed by atoms with Gasteiger partial charge in [-0.15, -0.1) is 0 Å². The molecule has 6 nitrogen and oxygen atoms in total. The number of carboxylic acid groups (broad SMARTS) is 1. The molecule has 128 valence electrons. The molecule has 0 bridgehead atoms. The molecule has 4 atom stereocenters. The molecular formula is C16H24NO5P. The van der Waals surface area contributed by atoms with Crippen LogP contribution in [0, 0.1) is 5.92 Å². The van der Waals surface area contributed by atoms with Gasteiger partial charge in [-0.25, -0.2) is 5.09 Å². The van der Waals surface area contributed by atoms with Crippen molar-refractivity contribution in [1.29, 1.82) is 0 Å². The Kier molecular flexibility index (Phi) is 6.36. The second kappa shape index (κ2) is 8.06. The molecule has 0 aliphatic carbocycles. The number of aliphatic carboxylic acids is 1. The maximum atomic E-state index is 12.3. The van der Waals surface area contributed by atoms with Gasteiger partial charge < -0.3 is 14.7 Å². The Morgan fingerprint density at radius 1 is 1.43 bits per heavy atom. The summed E-state index contributed by atoms with van der Waals surface area (Å²) in [5, 5.41) is 12.1. The van der Waals surface area contributed by atoms with Crippen LogP contribution < -0.4 is 5.09 Å². The first-order chi connectivity index (χ1) is 10.9. The summed E-state index contributed by atoms with van der Waals surface area (Å²) < 4.78 is 17.8. The minimum Gasteiger partial charge on any atom is -0.481 e. The summed E-state index contributed by atoms with van der Waals surface area (Å²) in [6, 6.07) is 8.68. The Bertz CT molecular complexity index is 559. The van der Waals surface area contributed by atoms with E-state index in [0.29, 0.717) is 6.61 Å². The molecule has 0 aromatic heterocycles. The van der Waals surface area contributed by atoms with Gasteiger partial charge in [0, 0.05) is 12.6 Å². The van der Waals surface area contributed by atoms with Crippen molar-refractivity contribution in [2.24, 2.45) is 5.92 Å². The smallest absolute Gasteiger partial charge is 0.309 e. The van der Waals surface area contributed by atoms with Crippen LogP contribution in [0.5, 0.6) is 0 Å². The highest BCUT2D eigenvalue weighted by Crippen LogP contribution is 2.41. The number of benzene rings is 1. The van der Waals surface area contributed by atoms with Gasteiger partial charge in [0.05, 0.1) is 18.2 Å². The fourth-order valence-corrected chi connectivity index (χ4v) is 4.58. The molecule has 1 aromatic rings. The zero-order valence-corrected chi connectivity index (χ0v) is 14.1. The predicted molar refractivity (Wildman–Crippen MR) is 87.3 cm³/mol. The van der Waals surface area contributed by atoms with Gasteiger partial charge in [0.2, 0.25) is 0 Å². The van der Waals surface area contributed by atoms with Crippen LogP contribution in [0.15, 0.2) is 30.3 Å². The van der Waals surface area contributed by atoms with E-state index >= 15 is 0 Å². The van der Waals surface area contributed by atoms with E-state index in [1.54, 1.807) is 19.1 Å². The van der Waals surface area contributed by atoms with Crippen molar-refractivity contribution in [3.8, 4) is 0 Å². The van der Waals surface area contributed by atoms with Gasteiger partial charge >= 0.3 is 5.97 Å².